The number of allylic oxidation sites excluding steroid dienone is 1. The van der Waals surface area contributed by atoms with E-state index in [1.807, 2.05) is 0 Å². The standard InChI is InChI=1S/C19H13F3N2O3/c1-11-7-8-14-13(9-11)18(10-15(26-14)19(20,21)22)17(23-25)16(24-27-18)12-5-3-2-4-6-12/h2-10,25H,1H3/b23-17+/t18-/m1/s1. The first-order valence-corrected chi connectivity index (χ1v) is 7.99. The van der Waals surface area contributed by atoms with E-state index < -0.39 is 17.5 Å². The summed E-state index contributed by atoms with van der Waals surface area (Å²) in [4.78, 5) is 5.50. The molecule has 2 aliphatic heterocycles. The van der Waals surface area contributed by atoms with Crippen molar-refractivity contribution in [2.75, 3.05) is 0 Å². The van der Waals surface area contributed by atoms with Crippen molar-refractivity contribution in [1.29, 1.82) is 0 Å². The molecule has 2 heterocycles. The van der Waals surface area contributed by atoms with E-state index in [2.05, 4.69) is 10.3 Å². The second kappa shape index (κ2) is 5.87. The van der Waals surface area contributed by atoms with E-state index in [1.165, 1.54) is 6.07 Å². The molecule has 0 saturated heterocycles. The molecule has 0 bridgehead atoms. The van der Waals surface area contributed by atoms with Gasteiger partial charge in [0.05, 0.1) is 5.56 Å². The molecular formula is C19H13F3N2O3. The van der Waals surface area contributed by atoms with Crippen LogP contribution in [0.5, 0.6) is 5.75 Å². The minimum atomic E-state index is -4.75. The van der Waals surface area contributed by atoms with Gasteiger partial charge in [-0.3, -0.25) is 0 Å². The van der Waals surface area contributed by atoms with Crippen LogP contribution in [0.2, 0.25) is 0 Å². The topological polar surface area (TPSA) is 63.4 Å². The third kappa shape index (κ3) is 2.64. The Bertz CT molecular complexity index is 997. The molecule has 0 aromatic heterocycles. The van der Waals surface area contributed by atoms with Crippen LogP contribution in [0.3, 0.4) is 0 Å². The average molecular weight is 374 g/mol. The number of alkyl halides is 3. The highest BCUT2D eigenvalue weighted by molar-refractivity contribution is 6.52. The van der Waals surface area contributed by atoms with Crippen LogP contribution in [-0.2, 0) is 10.4 Å². The van der Waals surface area contributed by atoms with Crippen LogP contribution in [0.15, 0.2) is 70.7 Å². The lowest BCUT2D eigenvalue weighted by molar-refractivity contribution is -0.120. The molecule has 0 aliphatic carbocycles. The molecule has 0 saturated carbocycles. The molecule has 2 aromatic carbocycles. The summed E-state index contributed by atoms with van der Waals surface area (Å²) in [6.07, 6.45) is -4.00. The molecule has 2 aromatic rings. The lowest BCUT2D eigenvalue weighted by Crippen LogP contribution is -2.40. The van der Waals surface area contributed by atoms with Crippen LogP contribution in [-0.4, -0.2) is 22.8 Å². The molecule has 0 amide bonds. The molecule has 5 nitrogen and oxygen atoms in total. The predicted molar refractivity (Wildman–Crippen MR) is 90.9 cm³/mol. The molecule has 4 rings (SSSR count). The van der Waals surface area contributed by atoms with Gasteiger partial charge in [-0.1, -0.05) is 52.3 Å². The molecule has 0 fully saturated rings. The average Bonchev–Trinajstić information content (AvgIpc) is 3.01. The zero-order chi connectivity index (χ0) is 19.2. The summed E-state index contributed by atoms with van der Waals surface area (Å²) in [5, 5.41) is 16.9. The van der Waals surface area contributed by atoms with E-state index in [0.29, 0.717) is 5.56 Å². The summed E-state index contributed by atoms with van der Waals surface area (Å²) in [5.41, 5.74) is -0.252. The van der Waals surface area contributed by atoms with Gasteiger partial charge in [0.2, 0.25) is 11.4 Å². The first-order chi connectivity index (χ1) is 12.8. The van der Waals surface area contributed by atoms with Gasteiger partial charge in [0.1, 0.15) is 11.5 Å². The second-order valence-corrected chi connectivity index (χ2v) is 6.19. The Balaban J connectivity index is 1.93. The van der Waals surface area contributed by atoms with E-state index in [9.17, 15) is 18.4 Å². The van der Waals surface area contributed by atoms with E-state index in [4.69, 9.17) is 9.57 Å². The largest absolute Gasteiger partial charge is 0.452 e. The zero-order valence-corrected chi connectivity index (χ0v) is 14.0. The Morgan fingerprint density at radius 1 is 1.11 bits per heavy atom. The Labute approximate surface area is 152 Å². The van der Waals surface area contributed by atoms with Crippen molar-refractivity contribution in [3.63, 3.8) is 0 Å². The number of halogens is 3. The first kappa shape index (κ1) is 17.1. The molecule has 0 radical (unpaired) electrons. The van der Waals surface area contributed by atoms with Crippen molar-refractivity contribution in [2.45, 2.75) is 18.7 Å². The van der Waals surface area contributed by atoms with E-state index in [1.54, 1.807) is 49.4 Å². The first-order valence-electron chi connectivity index (χ1n) is 7.99. The lowest BCUT2D eigenvalue weighted by Gasteiger charge is -2.31. The summed E-state index contributed by atoms with van der Waals surface area (Å²) in [5.74, 6) is -1.30. The van der Waals surface area contributed by atoms with Gasteiger partial charge in [0.25, 0.3) is 0 Å². The van der Waals surface area contributed by atoms with Crippen molar-refractivity contribution in [2.24, 2.45) is 10.3 Å². The maximum absolute atomic E-state index is 13.4. The van der Waals surface area contributed by atoms with Crippen LogP contribution < -0.4 is 4.74 Å². The van der Waals surface area contributed by atoms with Crippen molar-refractivity contribution < 1.29 is 28.0 Å². The second-order valence-electron chi connectivity index (χ2n) is 6.19. The Hall–Kier alpha value is -3.29. The van der Waals surface area contributed by atoms with Crippen molar-refractivity contribution in [1.82, 2.24) is 0 Å². The van der Waals surface area contributed by atoms with Crippen molar-refractivity contribution in [3.8, 4) is 5.75 Å². The highest BCUT2D eigenvalue weighted by atomic mass is 19.4. The smallest absolute Gasteiger partial charge is 0.449 e. The SMILES string of the molecule is Cc1ccc2c(c1)[C@@]1(C=C(C(F)(F)F)O2)ON=C(c2ccccc2)/C1=N\O. The molecule has 8 heteroatoms. The monoisotopic (exact) mass is 374 g/mol. The fourth-order valence-corrected chi connectivity index (χ4v) is 3.13. The number of benzene rings is 2. The molecule has 1 atom stereocenters. The highest BCUT2D eigenvalue weighted by Crippen LogP contribution is 2.47. The fraction of sp³-hybridized carbons (Fsp3) is 0.158. The van der Waals surface area contributed by atoms with E-state index >= 15 is 0 Å². The van der Waals surface area contributed by atoms with Crippen molar-refractivity contribution >= 4 is 11.4 Å². The minimum absolute atomic E-state index is 0.0407. The van der Waals surface area contributed by atoms with Gasteiger partial charge >= 0.3 is 6.18 Å². The van der Waals surface area contributed by atoms with Crippen LogP contribution in [0.25, 0.3) is 0 Å². The fourth-order valence-electron chi connectivity index (χ4n) is 3.13. The maximum atomic E-state index is 13.4. The summed E-state index contributed by atoms with van der Waals surface area (Å²) in [6, 6.07) is 13.3. The predicted octanol–water partition coefficient (Wildman–Crippen LogP) is 4.29. The Morgan fingerprint density at radius 2 is 1.85 bits per heavy atom. The van der Waals surface area contributed by atoms with Gasteiger partial charge in [0, 0.05) is 11.6 Å². The third-order valence-corrected chi connectivity index (χ3v) is 4.37. The normalized spacial score (nSPS) is 22.7. The summed E-state index contributed by atoms with van der Waals surface area (Å²) < 4.78 is 45.3. The van der Waals surface area contributed by atoms with Crippen LogP contribution in [0.1, 0.15) is 16.7 Å². The van der Waals surface area contributed by atoms with E-state index in [-0.39, 0.29) is 22.7 Å². The molecule has 27 heavy (non-hydrogen) atoms. The molecule has 0 unspecified atom stereocenters. The van der Waals surface area contributed by atoms with Gasteiger partial charge < -0.3 is 14.8 Å². The molecule has 2 aliphatic rings. The van der Waals surface area contributed by atoms with Gasteiger partial charge in [0.15, 0.2) is 5.71 Å². The van der Waals surface area contributed by atoms with E-state index in [0.717, 1.165) is 11.6 Å². The Kier molecular flexibility index (Phi) is 3.73. The summed E-state index contributed by atoms with van der Waals surface area (Å²) >= 11 is 0. The van der Waals surface area contributed by atoms with Gasteiger partial charge in [-0.05, 0) is 19.1 Å². The van der Waals surface area contributed by atoms with Gasteiger partial charge in [-0.25, -0.2) is 0 Å². The number of fused-ring (bicyclic) bond motifs is 2. The van der Waals surface area contributed by atoms with Crippen LogP contribution in [0.4, 0.5) is 13.2 Å². The minimum Gasteiger partial charge on any atom is -0.452 e. The summed E-state index contributed by atoms with van der Waals surface area (Å²) in [6.45, 7) is 1.78. The molecule has 1 spiro atoms. The summed E-state index contributed by atoms with van der Waals surface area (Å²) in [7, 11) is 0. The molecule has 138 valence electrons. The number of nitrogens with zero attached hydrogens (tertiary/aromatic N) is 2. The number of oxime groups is 2. The highest BCUT2D eigenvalue weighted by Gasteiger charge is 2.54. The number of hydrogen-bond donors (Lipinski definition) is 1. The number of rotatable bonds is 1. The van der Waals surface area contributed by atoms with Crippen molar-refractivity contribution in [3.05, 3.63) is 77.1 Å². The molecule has 1 N–H and O–H groups in total. The third-order valence-electron chi connectivity index (χ3n) is 4.37. The lowest BCUT2D eigenvalue weighted by atomic mass is 9.82. The Morgan fingerprint density at radius 3 is 2.52 bits per heavy atom. The number of ether oxygens (including phenoxy) is 1. The van der Waals surface area contributed by atoms with Gasteiger partial charge in [-0.2, -0.15) is 13.2 Å². The zero-order valence-electron chi connectivity index (χ0n) is 14.0. The molecular weight excluding hydrogens is 361 g/mol. The number of hydrogen-bond acceptors (Lipinski definition) is 5. The number of aryl methyl sites for hydroxylation is 1. The van der Waals surface area contributed by atoms with Crippen LogP contribution >= 0.6 is 0 Å². The van der Waals surface area contributed by atoms with Gasteiger partial charge in [-0.15, -0.1) is 0 Å². The maximum Gasteiger partial charge on any atom is 0.449 e. The quantitative estimate of drug-likeness (QED) is 0.598. The van der Waals surface area contributed by atoms with Crippen LogP contribution in [0, 0.1) is 6.92 Å².